The van der Waals surface area contributed by atoms with Crippen LogP contribution in [0.2, 0.25) is 0 Å². The second kappa shape index (κ2) is 9.04. The summed E-state index contributed by atoms with van der Waals surface area (Å²) in [5.74, 6) is 0. The van der Waals surface area contributed by atoms with Crippen molar-refractivity contribution in [2.45, 2.75) is 13.8 Å². The van der Waals surface area contributed by atoms with Crippen LogP contribution >= 0.6 is 41.7 Å². The lowest BCUT2D eigenvalue weighted by molar-refractivity contribution is -0.0266. The van der Waals surface area contributed by atoms with Gasteiger partial charge in [-0.05, 0) is 22.0 Å². The highest BCUT2D eigenvalue weighted by molar-refractivity contribution is 9.10. The van der Waals surface area contributed by atoms with Crippen molar-refractivity contribution < 1.29 is 4.28 Å². The van der Waals surface area contributed by atoms with Gasteiger partial charge in [-0.2, -0.15) is 18.6 Å². The van der Waals surface area contributed by atoms with Gasteiger partial charge in [0, 0.05) is 30.8 Å². The number of hydroxylamine groups is 2. The Bertz CT molecular complexity index is 326. The molecule has 0 aliphatic carbocycles. The van der Waals surface area contributed by atoms with Gasteiger partial charge in [-0.25, -0.2) is 4.28 Å². The van der Waals surface area contributed by atoms with Crippen molar-refractivity contribution in [3.63, 3.8) is 0 Å². The molecule has 0 spiro atoms. The summed E-state index contributed by atoms with van der Waals surface area (Å²) in [5.41, 5.74) is 0.992. The van der Waals surface area contributed by atoms with Gasteiger partial charge in [-0.3, -0.25) is 9.29 Å². The van der Waals surface area contributed by atoms with E-state index in [0.717, 1.165) is 23.2 Å². The monoisotopic (exact) mass is 339 g/mol. The molecule has 0 aliphatic heterocycles. The van der Waals surface area contributed by atoms with E-state index in [1.54, 1.807) is 12.4 Å². The van der Waals surface area contributed by atoms with Crippen LogP contribution in [0.15, 0.2) is 22.9 Å². The van der Waals surface area contributed by atoms with Gasteiger partial charge in [0.25, 0.3) is 0 Å². The smallest absolute Gasteiger partial charge is 0.135 e. The van der Waals surface area contributed by atoms with Crippen molar-refractivity contribution in [3.05, 3.63) is 22.9 Å². The molecular formula is C10H18BrN3OS2. The van der Waals surface area contributed by atoms with Gasteiger partial charge in [0.2, 0.25) is 0 Å². The van der Waals surface area contributed by atoms with E-state index in [4.69, 9.17) is 4.28 Å². The van der Waals surface area contributed by atoms with E-state index in [9.17, 15) is 0 Å². The summed E-state index contributed by atoms with van der Waals surface area (Å²) < 4.78 is 8.41. The minimum Gasteiger partial charge on any atom is -0.293 e. The Kier molecular flexibility index (Phi) is 9.07. The van der Waals surface area contributed by atoms with Crippen molar-refractivity contribution in [2.75, 3.05) is 24.4 Å². The molecule has 1 aromatic rings. The Morgan fingerprint density at radius 3 is 2.53 bits per heavy atom. The molecule has 0 bridgehead atoms. The molecule has 98 valence electrons. The molecule has 0 saturated carbocycles. The molecule has 0 N–H and O–H groups in total. The second-order valence-electron chi connectivity index (χ2n) is 3.12. The van der Waals surface area contributed by atoms with Crippen LogP contribution < -0.4 is 4.31 Å². The average Bonchev–Trinajstić information content (AvgIpc) is 2.30. The van der Waals surface area contributed by atoms with Gasteiger partial charge in [-0.15, -0.1) is 0 Å². The maximum Gasteiger partial charge on any atom is 0.135 e. The van der Waals surface area contributed by atoms with E-state index in [2.05, 4.69) is 34.8 Å². The van der Waals surface area contributed by atoms with Crippen LogP contribution in [-0.4, -0.2) is 30.2 Å². The number of pyridine rings is 1. The lowest BCUT2D eigenvalue weighted by atomic mass is 10.4. The maximum atomic E-state index is 5.53. The summed E-state index contributed by atoms with van der Waals surface area (Å²) in [4.78, 5) is 4.10. The molecule has 0 atom stereocenters. The lowest BCUT2D eigenvalue weighted by Crippen LogP contribution is -2.22. The SMILES string of the molecule is CCN(CC)OSN(C)c1cncc(Br)c1.S. The van der Waals surface area contributed by atoms with E-state index in [1.165, 1.54) is 12.2 Å². The van der Waals surface area contributed by atoms with Gasteiger partial charge >= 0.3 is 0 Å². The number of aromatic nitrogens is 1. The normalized spacial score (nSPS) is 10.2. The first kappa shape index (κ1) is 17.1. The molecule has 0 fully saturated rings. The van der Waals surface area contributed by atoms with Gasteiger partial charge < -0.3 is 0 Å². The van der Waals surface area contributed by atoms with E-state index in [1.807, 2.05) is 22.5 Å². The van der Waals surface area contributed by atoms with Gasteiger partial charge in [0.1, 0.15) is 12.2 Å². The highest BCUT2D eigenvalue weighted by Gasteiger charge is 2.06. The summed E-state index contributed by atoms with van der Waals surface area (Å²) in [6.45, 7) is 5.86. The maximum absolute atomic E-state index is 5.53. The fourth-order valence-electron chi connectivity index (χ4n) is 1.04. The van der Waals surface area contributed by atoms with Crippen molar-refractivity contribution in [2.24, 2.45) is 0 Å². The molecule has 0 aliphatic rings. The standard InChI is InChI=1S/C10H16BrN3OS.H2S/c1-4-14(5-2)15-16-13(3)10-6-9(11)7-12-8-10;/h6-8H,4-5H2,1-3H3;1H2. The minimum atomic E-state index is 0. The summed E-state index contributed by atoms with van der Waals surface area (Å²) in [6, 6.07) is 1.99. The number of nitrogens with zero attached hydrogens (tertiary/aromatic N) is 3. The first-order valence-electron chi connectivity index (χ1n) is 5.11. The molecule has 0 unspecified atom stereocenters. The third-order valence-corrected chi connectivity index (χ3v) is 3.16. The molecular weight excluding hydrogens is 322 g/mol. The quantitative estimate of drug-likeness (QED) is 0.450. The third-order valence-electron chi connectivity index (χ3n) is 2.01. The summed E-state index contributed by atoms with van der Waals surface area (Å²) in [6.07, 6.45) is 3.55. The van der Waals surface area contributed by atoms with Crippen molar-refractivity contribution in [1.82, 2.24) is 10.0 Å². The zero-order chi connectivity index (χ0) is 12.0. The highest BCUT2D eigenvalue weighted by atomic mass is 79.9. The van der Waals surface area contributed by atoms with Crippen molar-refractivity contribution in [1.29, 1.82) is 0 Å². The summed E-state index contributed by atoms with van der Waals surface area (Å²) in [5, 5.41) is 1.88. The molecule has 0 aromatic carbocycles. The van der Waals surface area contributed by atoms with Crippen LogP contribution in [0.1, 0.15) is 13.8 Å². The first-order chi connectivity index (χ1) is 7.67. The topological polar surface area (TPSA) is 28.6 Å². The predicted octanol–water partition coefficient (Wildman–Crippen LogP) is 3.23. The lowest BCUT2D eigenvalue weighted by Gasteiger charge is -2.21. The van der Waals surface area contributed by atoms with E-state index < -0.39 is 0 Å². The highest BCUT2D eigenvalue weighted by Crippen LogP contribution is 2.23. The van der Waals surface area contributed by atoms with Gasteiger partial charge in [0.05, 0.1) is 11.9 Å². The van der Waals surface area contributed by atoms with Crippen LogP contribution in [0.5, 0.6) is 0 Å². The zero-order valence-electron chi connectivity index (χ0n) is 10.2. The Labute approximate surface area is 123 Å². The van der Waals surface area contributed by atoms with E-state index >= 15 is 0 Å². The fourth-order valence-corrected chi connectivity index (χ4v) is 1.99. The predicted molar refractivity (Wildman–Crippen MR) is 82.3 cm³/mol. The van der Waals surface area contributed by atoms with E-state index in [-0.39, 0.29) is 13.5 Å². The largest absolute Gasteiger partial charge is 0.293 e. The van der Waals surface area contributed by atoms with E-state index in [0.29, 0.717) is 0 Å². The molecule has 1 heterocycles. The fraction of sp³-hybridized carbons (Fsp3) is 0.500. The number of hydrogen-bond donors (Lipinski definition) is 0. The van der Waals surface area contributed by atoms with Crippen LogP contribution in [0.25, 0.3) is 0 Å². The molecule has 0 radical (unpaired) electrons. The third kappa shape index (κ3) is 5.96. The molecule has 4 nitrogen and oxygen atoms in total. The molecule has 17 heavy (non-hydrogen) atoms. The number of hydrogen-bond acceptors (Lipinski definition) is 5. The first-order valence-corrected chi connectivity index (χ1v) is 6.60. The Balaban J connectivity index is 0.00000256. The van der Waals surface area contributed by atoms with Crippen molar-refractivity contribution in [3.8, 4) is 0 Å². The number of anilines is 1. The molecule has 1 rings (SSSR count). The number of halogens is 1. The summed E-state index contributed by atoms with van der Waals surface area (Å²) in [7, 11) is 1.94. The average molecular weight is 340 g/mol. The zero-order valence-corrected chi connectivity index (χ0v) is 13.6. The molecule has 7 heteroatoms. The Morgan fingerprint density at radius 1 is 1.35 bits per heavy atom. The van der Waals surface area contributed by atoms with Crippen LogP contribution in [0.4, 0.5) is 5.69 Å². The van der Waals surface area contributed by atoms with Gasteiger partial charge in [0.15, 0.2) is 0 Å². The Hall–Kier alpha value is 0.0500. The van der Waals surface area contributed by atoms with Crippen molar-refractivity contribution >= 4 is 47.3 Å². The van der Waals surface area contributed by atoms with Crippen LogP contribution in [0, 0.1) is 0 Å². The van der Waals surface area contributed by atoms with Gasteiger partial charge in [-0.1, -0.05) is 13.8 Å². The summed E-state index contributed by atoms with van der Waals surface area (Å²) >= 11 is 4.68. The molecule has 0 amide bonds. The van der Waals surface area contributed by atoms with Crippen LogP contribution in [0.3, 0.4) is 0 Å². The molecule has 1 aromatic heterocycles. The van der Waals surface area contributed by atoms with Crippen LogP contribution in [-0.2, 0) is 4.28 Å². The second-order valence-corrected chi connectivity index (χ2v) is 4.88. The number of rotatable bonds is 6. The molecule has 0 saturated heterocycles. The Morgan fingerprint density at radius 2 is 2.00 bits per heavy atom. The minimum absolute atomic E-state index is 0.